The Kier molecular flexibility index (Phi) is 6.69. The highest BCUT2D eigenvalue weighted by molar-refractivity contribution is 5.76. The Morgan fingerprint density at radius 1 is 1.38 bits per heavy atom. The number of hydrogen-bond acceptors (Lipinski definition) is 3. The van der Waals surface area contributed by atoms with Crippen LogP contribution in [0.15, 0.2) is 24.3 Å². The highest BCUT2D eigenvalue weighted by Gasteiger charge is 2.19. The summed E-state index contributed by atoms with van der Waals surface area (Å²) in [6.45, 7) is 6.95. The highest BCUT2D eigenvalue weighted by Crippen LogP contribution is 2.26. The Bertz CT molecular complexity index is 458. The van der Waals surface area contributed by atoms with E-state index in [1.165, 1.54) is 0 Å². The summed E-state index contributed by atoms with van der Waals surface area (Å²) in [5.74, 6) is 0.882. The van der Waals surface area contributed by atoms with Crippen molar-refractivity contribution in [2.45, 2.75) is 46.1 Å². The smallest absolute Gasteiger partial charge is 0.220 e. The van der Waals surface area contributed by atoms with Gasteiger partial charge < -0.3 is 15.8 Å². The molecule has 0 saturated heterocycles. The number of benzene rings is 1. The molecule has 1 rings (SSSR count). The van der Waals surface area contributed by atoms with Crippen LogP contribution in [0.5, 0.6) is 5.75 Å². The minimum atomic E-state index is -0.0229. The lowest BCUT2D eigenvalue weighted by Crippen LogP contribution is -2.28. The molecule has 0 bridgehead atoms. The quantitative estimate of drug-likeness (QED) is 0.774. The van der Waals surface area contributed by atoms with Gasteiger partial charge in [-0.3, -0.25) is 4.79 Å². The van der Waals surface area contributed by atoms with Crippen LogP contribution in [0.1, 0.15) is 51.6 Å². The van der Waals surface area contributed by atoms with E-state index in [1.807, 2.05) is 31.2 Å². The van der Waals surface area contributed by atoms with Crippen LogP contribution in [0.3, 0.4) is 0 Å². The summed E-state index contributed by atoms with van der Waals surface area (Å²) in [5, 5.41) is 3.04. The minimum absolute atomic E-state index is 0.0229. The Morgan fingerprint density at radius 2 is 2.10 bits per heavy atom. The van der Waals surface area contributed by atoms with Gasteiger partial charge in [-0.2, -0.15) is 0 Å². The van der Waals surface area contributed by atoms with Crippen molar-refractivity contribution >= 4 is 5.91 Å². The van der Waals surface area contributed by atoms with Gasteiger partial charge in [0.05, 0.1) is 13.2 Å². The van der Waals surface area contributed by atoms with E-state index >= 15 is 0 Å². The Morgan fingerprint density at radius 3 is 2.71 bits per heavy atom. The Hall–Kier alpha value is -1.55. The fraction of sp³-hybridized carbons (Fsp3) is 0.588. The van der Waals surface area contributed by atoms with Gasteiger partial charge in [-0.15, -0.1) is 0 Å². The molecule has 0 aliphatic carbocycles. The lowest BCUT2D eigenvalue weighted by Gasteiger charge is -2.24. The van der Waals surface area contributed by atoms with Crippen molar-refractivity contribution in [2.75, 3.05) is 13.7 Å². The van der Waals surface area contributed by atoms with Crippen molar-refractivity contribution in [1.82, 2.24) is 5.32 Å². The van der Waals surface area contributed by atoms with Crippen molar-refractivity contribution in [1.29, 1.82) is 0 Å². The molecule has 1 aromatic rings. The van der Waals surface area contributed by atoms with Gasteiger partial charge in [0.2, 0.25) is 5.91 Å². The van der Waals surface area contributed by atoms with Crippen LogP contribution in [-0.2, 0) is 4.79 Å². The van der Waals surface area contributed by atoms with Crippen molar-refractivity contribution in [3.63, 3.8) is 0 Å². The SMILES string of the molecule is COc1cccc([C@H](C)NC(=O)CCC(C)(C)CCN)c1. The molecular weight excluding hydrogens is 264 g/mol. The standard InChI is InChI=1S/C17H28N2O2/c1-13(14-6-5-7-15(12-14)21-4)19-16(20)8-9-17(2,3)10-11-18/h5-7,12-13H,8-11,18H2,1-4H3,(H,19,20)/t13-/m0/s1. The summed E-state index contributed by atoms with van der Waals surface area (Å²) < 4.78 is 5.20. The number of ether oxygens (including phenoxy) is 1. The van der Waals surface area contributed by atoms with Crippen LogP contribution in [0.4, 0.5) is 0 Å². The molecule has 0 heterocycles. The molecule has 0 fully saturated rings. The predicted octanol–water partition coefficient (Wildman–Crippen LogP) is 3.03. The number of methoxy groups -OCH3 is 1. The van der Waals surface area contributed by atoms with E-state index in [0.717, 1.165) is 24.2 Å². The third-order valence-electron chi connectivity index (χ3n) is 3.82. The third kappa shape index (κ3) is 6.17. The molecule has 0 aromatic heterocycles. The zero-order chi connectivity index (χ0) is 15.9. The largest absolute Gasteiger partial charge is 0.497 e. The molecule has 0 unspecified atom stereocenters. The topological polar surface area (TPSA) is 64.3 Å². The van der Waals surface area contributed by atoms with Gasteiger partial charge in [0.25, 0.3) is 0 Å². The number of rotatable bonds is 8. The van der Waals surface area contributed by atoms with Gasteiger partial charge in [0.1, 0.15) is 5.75 Å². The molecule has 1 aromatic carbocycles. The average molecular weight is 292 g/mol. The van der Waals surface area contributed by atoms with Gasteiger partial charge in [-0.05, 0) is 49.4 Å². The Labute approximate surface area is 128 Å². The first-order valence-electron chi connectivity index (χ1n) is 7.51. The molecule has 0 saturated carbocycles. The number of hydrogen-bond donors (Lipinski definition) is 2. The van der Waals surface area contributed by atoms with E-state index in [9.17, 15) is 4.79 Å². The van der Waals surface area contributed by atoms with E-state index in [1.54, 1.807) is 7.11 Å². The van der Waals surface area contributed by atoms with Crippen molar-refractivity contribution in [2.24, 2.45) is 11.1 Å². The van der Waals surface area contributed by atoms with Crippen LogP contribution in [0, 0.1) is 5.41 Å². The van der Waals surface area contributed by atoms with Gasteiger partial charge in [-0.1, -0.05) is 26.0 Å². The number of amides is 1. The monoisotopic (exact) mass is 292 g/mol. The van der Waals surface area contributed by atoms with Gasteiger partial charge in [-0.25, -0.2) is 0 Å². The fourth-order valence-corrected chi connectivity index (χ4v) is 2.28. The van der Waals surface area contributed by atoms with E-state index in [4.69, 9.17) is 10.5 Å². The maximum Gasteiger partial charge on any atom is 0.220 e. The van der Waals surface area contributed by atoms with E-state index < -0.39 is 0 Å². The number of nitrogens with one attached hydrogen (secondary N) is 1. The third-order valence-corrected chi connectivity index (χ3v) is 3.82. The zero-order valence-corrected chi connectivity index (χ0v) is 13.6. The Balaban J connectivity index is 2.50. The first kappa shape index (κ1) is 17.5. The molecular formula is C17H28N2O2. The lowest BCUT2D eigenvalue weighted by atomic mass is 9.84. The molecule has 1 atom stereocenters. The van der Waals surface area contributed by atoms with Gasteiger partial charge in [0.15, 0.2) is 0 Å². The molecule has 0 spiro atoms. The van der Waals surface area contributed by atoms with Gasteiger partial charge >= 0.3 is 0 Å². The molecule has 0 aliphatic heterocycles. The molecule has 118 valence electrons. The molecule has 4 heteroatoms. The van der Waals surface area contributed by atoms with Gasteiger partial charge in [0, 0.05) is 6.42 Å². The summed E-state index contributed by atoms with van der Waals surface area (Å²) in [7, 11) is 1.64. The molecule has 4 nitrogen and oxygen atoms in total. The molecule has 3 N–H and O–H groups in total. The minimum Gasteiger partial charge on any atom is -0.497 e. The average Bonchev–Trinajstić information content (AvgIpc) is 2.45. The number of carbonyl (C=O) groups is 1. The summed E-state index contributed by atoms with van der Waals surface area (Å²) >= 11 is 0. The second-order valence-electron chi connectivity index (χ2n) is 6.27. The van der Waals surface area contributed by atoms with Crippen molar-refractivity contribution in [3.05, 3.63) is 29.8 Å². The molecule has 0 radical (unpaired) electrons. The van der Waals surface area contributed by atoms with Crippen LogP contribution in [0.25, 0.3) is 0 Å². The van der Waals surface area contributed by atoms with Crippen molar-refractivity contribution in [3.8, 4) is 5.75 Å². The zero-order valence-electron chi connectivity index (χ0n) is 13.6. The van der Waals surface area contributed by atoms with E-state index in [2.05, 4.69) is 19.2 Å². The van der Waals surface area contributed by atoms with E-state index in [0.29, 0.717) is 13.0 Å². The second-order valence-corrected chi connectivity index (χ2v) is 6.27. The highest BCUT2D eigenvalue weighted by atomic mass is 16.5. The first-order valence-corrected chi connectivity index (χ1v) is 7.51. The lowest BCUT2D eigenvalue weighted by molar-refractivity contribution is -0.122. The van der Waals surface area contributed by atoms with Crippen LogP contribution in [-0.4, -0.2) is 19.6 Å². The maximum absolute atomic E-state index is 12.1. The summed E-state index contributed by atoms with van der Waals surface area (Å²) in [6.07, 6.45) is 2.31. The fourth-order valence-electron chi connectivity index (χ4n) is 2.28. The van der Waals surface area contributed by atoms with Crippen LogP contribution < -0.4 is 15.8 Å². The first-order chi connectivity index (χ1) is 9.88. The number of carbonyl (C=O) groups excluding carboxylic acids is 1. The summed E-state index contributed by atoms with van der Waals surface area (Å²) in [5.41, 5.74) is 6.75. The normalized spacial score (nSPS) is 12.8. The molecule has 0 aliphatic rings. The number of nitrogens with two attached hydrogens (primary N) is 1. The second kappa shape index (κ2) is 8.03. The molecule has 21 heavy (non-hydrogen) atoms. The van der Waals surface area contributed by atoms with Crippen LogP contribution in [0.2, 0.25) is 0 Å². The molecule has 1 amide bonds. The maximum atomic E-state index is 12.1. The van der Waals surface area contributed by atoms with E-state index in [-0.39, 0.29) is 17.4 Å². The van der Waals surface area contributed by atoms with Crippen LogP contribution >= 0.6 is 0 Å². The van der Waals surface area contributed by atoms with Crippen molar-refractivity contribution < 1.29 is 9.53 Å². The predicted molar refractivity (Wildman–Crippen MR) is 86.2 cm³/mol. The summed E-state index contributed by atoms with van der Waals surface area (Å²) in [6, 6.07) is 7.74. The summed E-state index contributed by atoms with van der Waals surface area (Å²) in [4.78, 5) is 12.1.